The van der Waals surface area contributed by atoms with Crippen LogP contribution in [0.3, 0.4) is 0 Å². The van der Waals surface area contributed by atoms with Gasteiger partial charge in [0.1, 0.15) is 5.52 Å². The number of nitrogens with one attached hydrogen (secondary N) is 1. The van der Waals surface area contributed by atoms with E-state index in [1.807, 2.05) is 41.9 Å². The largest absolute Gasteiger partial charge is 0.367 e. The minimum atomic E-state index is -0.135. The molecule has 2 heterocycles. The van der Waals surface area contributed by atoms with Gasteiger partial charge in [-0.25, -0.2) is 4.68 Å². The molecule has 0 bridgehead atoms. The van der Waals surface area contributed by atoms with E-state index in [1.165, 1.54) is 0 Å². The van der Waals surface area contributed by atoms with Crippen LogP contribution in [-0.2, 0) is 6.54 Å². The predicted molar refractivity (Wildman–Crippen MR) is 107 cm³/mol. The summed E-state index contributed by atoms with van der Waals surface area (Å²) in [6, 6.07) is 13.5. The molecule has 1 fully saturated rings. The number of hydrogen-bond acceptors (Lipinski definition) is 5. The SMILES string of the molecule is CCn1nnc2cc(C(=O)Nc3ccccc3N3CCN(C)CC3)ccc21. The Morgan fingerprint density at radius 2 is 1.89 bits per heavy atom. The summed E-state index contributed by atoms with van der Waals surface area (Å²) in [7, 11) is 2.13. The molecule has 1 aliphatic heterocycles. The van der Waals surface area contributed by atoms with Crippen LogP contribution in [-0.4, -0.2) is 59.0 Å². The summed E-state index contributed by atoms with van der Waals surface area (Å²) < 4.78 is 1.82. The van der Waals surface area contributed by atoms with E-state index in [0.29, 0.717) is 5.56 Å². The molecule has 3 aromatic rings. The molecule has 27 heavy (non-hydrogen) atoms. The van der Waals surface area contributed by atoms with Gasteiger partial charge in [-0.1, -0.05) is 17.3 Å². The first-order chi connectivity index (χ1) is 13.2. The Labute approximate surface area is 158 Å². The zero-order valence-corrected chi connectivity index (χ0v) is 15.7. The van der Waals surface area contributed by atoms with E-state index < -0.39 is 0 Å². The molecule has 4 rings (SSSR count). The summed E-state index contributed by atoms with van der Waals surface area (Å²) in [5.41, 5.74) is 4.16. The molecule has 7 heteroatoms. The molecule has 7 nitrogen and oxygen atoms in total. The molecule has 2 aromatic carbocycles. The first kappa shape index (κ1) is 17.5. The van der Waals surface area contributed by atoms with E-state index in [-0.39, 0.29) is 5.91 Å². The van der Waals surface area contributed by atoms with Crippen molar-refractivity contribution in [1.29, 1.82) is 0 Å². The highest BCUT2D eigenvalue weighted by molar-refractivity contribution is 6.07. The van der Waals surface area contributed by atoms with Gasteiger partial charge in [0.15, 0.2) is 0 Å². The highest BCUT2D eigenvalue weighted by Gasteiger charge is 2.18. The van der Waals surface area contributed by atoms with Crippen LogP contribution in [0.15, 0.2) is 42.5 Å². The van der Waals surface area contributed by atoms with E-state index in [2.05, 4.69) is 38.5 Å². The summed E-state index contributed by atoms with van der Waals surface area (Å²) in [6.07, 6.45) is 0. The summed E-state index contributed by atoms with van der Waals surface area (Å²) in [4.78, 5) is 17.5. The molecule has 140 valence electrons. The average molecular weight is 364 g/mol. The van der Waals surface area contributed by atoms with Gasteiger partial charge in [-0.15, -0.1) is 5.10 Å². The third kappa shape index (κ3) is 3.50. The number of likely N-dealkylation sites (N-methyl/N-ethyl adjacent to an activating group) is 1. The van der Waals surface area contributed by atoms with Gasteiger partial charge >= 0.3 is 0 Å². The predicted octanol–water partition coefficient (Wildman–Crippen LogP) is 2.46. The lowest BCUT2D eigenvalue weighted by atomic mass is 10.1. The Morgan fingerprint density at radius 3 is 2.67 bits per heavy atom. The number of nitrogens with zero attached hydrogens (tertiary/aromatic N) is 5. The van der Waals surface area contributed by atoms with Crippen molar-refractivity contribution in [3.8, 4) is 0 Å². The number of rotatable bonds is 4. The van der Waals surface area contributed by atoms with E-state index in [4.69, 9.17) is 0 Å². The van der Waals surface area contributed by atoms with Crippen LogP contribution in [0.4, 0.5) is 11.4 Å². The van der Waals surface area contributed by atoms with Crippen LogP contribution in [0.5, 0.6) is 0 Å². The maximum atomic E-state index is 12.8. The van der Waals surface area contributed by atoms with Gasteiger partial charge in [-0.3, -0.25) is 4.79 Å². The van der Waals surface area contributed by atoms with Crippen molar-refractivity contribution in [3.05, 3.63) is 48.0 Å². The number of para-hydroxylation sites is 2. The number of hydrogen-bond donors (Lipinski definition) is 1. The zero-order valence-electron chi connectivity index (χ0n) is 15.7. The summed E-state index contributed by atoms with van der Waals surface area (Å²) in [5.74, 6) is -0.135. The maximum Gasteiger partial charge on any atom is 0.255 e. The van der Waals surface area contributed by atoms with Crippen molar-refractivity contribution in [1.82, 2.24) is 19.9 Å². The lowest BCUT2D eigenvalue weighted by Gasteiger charge is -2.35. The second-order valence-electron chi connectivity index (χ2n) is 6.87. The third-order valence-electron chi connectivity index (χ3n) is 5.07. The summed E-state index contributed by atoms with van der Waals surface area (Å²) in [5, 5.41) is 11.3. The monoisotopic (exact) mass is 364 g/mol. The Kier molecular flexibility index (Phi) is 4.77. The van der Waals surface area contributed by atoms with Crippen LogP contribution < -0.4 is 10.2 Å². The van der Waals surface area contributed by atoms with Crippen molar-refractivity contribution in [2.24, 2.45) is 0 Å². The molecule has 1 aliphatic rings. The lowest BCUT2D eigenvalue weighted by molar-refractivity contribution is 0.102. The number of carbonyl (C=O) groups excluding carboxylic acids is 1. The van der Waals surface area contributed by atoms with E-state index >= 15 is 0 Å². The van der Waals surface area contributed by atoms with E-state index in [0.717, 1.165) is 55.1 Å². The average Bonchev–Trinajstić information content (AvgIpc) is 3.11. The van der Waals surface area contributed by atoms with Crippen molar-refractivity contribution < 1.29 is 4.79 Å². The zero-order chi connectivity index (χ0) is 18.8. The molecule has 1 amide bonds. The van der Waals surface area contributed by atoms with Gasteiger partial charge in [-0.05, 0) is 44.3 Å². The molecule has 0 atom stereocenters. The number of anilines is 2. The molecule has 0 radical (unpaired) electrons. The van der Waals surface area contributed by atoms with Crippen LogP contribution in [0.2, 0.25) is 0 Å². The smallest absolute Gasteiger partial charge is 0.255 e. The first-order valence-corrected chi connectivity index (χ1v) is 9.33. The van der Waals surface area contributed by atoms with Crippen molar-refractivity contribution in [2.45, 2.75) is 13.5 Å². The minimum Gasteiger partial charge on any atom is -0.367 e. The fourth-order valence-electron chi connectivity index (χ4n) is 3.44. The Bertz CT molecular complexity index is 958. The number of benzene rings is 2. The molecule has 0 unspecified atom stereocenters. The van der Waals surface area contributed by atoms with Crippen LogP contribution >= 0.6 is 0 Å². The molecular formula is C20H24N6O. The van der Waals surface area contributed by atoms with Crippen LogP contribution in [0, 0.1) is 0 Å². The van der Waals surface area contributed by atoms with E-state index in [1.54, 1.807) is 6.07 Å². The van der Waals surface area contributed by atoms with Gasteiger partial charge in [-0.2, -0.15) is 0 Å². The minimum absolute atomic E-state index is 0.135. The van der Waals surface area contributed by atoms with Gasteiger partial charge in [0.25, 0.3) is 5.91 Å². The highest BCUT2D eigenvalue weighted by atomic mass is 16.1. The quantitative estimate of drug-likeness (QED) is 0.770. The Hall–Kier alpha value is -2.93. The van der Waals surface area contributed by atoms with Crippen molar-refractivity contribution in [2.75, 3.05) is 43.4 Å². The molecule has 1 saturated heterocycles. The summed E-state index contributed by atoms with van der Waals surface area (Å²) in [6.45, 7) is 6.72. The Balaban J connectivity index is 1.56. The molecule has 1 N–H and O–H groups in total. The van der Waals surface area contributed by atoms with Crippen LogP contribution in [0.25, 0.3) is 11.0 Å². The fraction of sp³-hybridized carbons (Fsp3) is 0.350. The number of aryl methyl sites for hydroxylation is 1. The maximum absolute atomic E-state index is 12.8. The molecule has 0 saturated carbocycles. The van der Waals surface area contributed by atoms with Gasteiger partial charge in [0.2, 0.25) is 0 Å². The normalized spacial score (nSPS) is 15.3. The van der Waals surface area contributed by atoms with Gasteiger partial charge in [0.05, 0.1) is 16.9 Å². The fourth-order valence-corrected chi connectivity index (χ4v) is 3.44. The first-order valence-electron chi connectivity index (χ1n) is 9.33. The number of piperazine rings is 1. The molecule has 0 aliphatic carbocycles. The number of aromatic nitrogens is 3. The standard InChI is InChI=1S/C20H24N6O/c1-3-26-19-9-8-15(14-17(19)22-23-26)20(27)21-16-6-4-5-7-18(16)25-12-10-24(2)11-13-25/h4-9,14H,3,10-13H2,1-2H3,(H,21,27). The molecule has 0 spiro atoms. The number of carbonyl (C=O) groups is 1. The van der Waals surface area contributed by atoms with Crippen LogP contribution in [0.1, 0.15) is 17.3 Å². The van der Waals surface area contributed by atoms with Crippen molar-refractivity contribution >= 4 is 28.3 Å². The third-order valence-corrected chi connectivity index (χ3v) is 5.07. The van der Waals surface area contributed by atoms with Gasteiger partial charge < -0.3 is 15.1 Å². The highest BCUT2D eigenvalue weighted by Crippen LogP contribution is 2.27. The second kappa shape index (κ2) is 7.36. The summed E-state index contributed by atoms with van der Waals surface area (Å²) >= 11 is 0. The molecule has 1 aromatic heterocycles. The van der Waals surface area contributed by atoms with E-state index in [9.17, 15) is 4.79 Å². The van der Waals surface area contributed by atoms with Crippen molar-refractivity contribution in [3.63, 3.8) is 0 Å². The topological polar surface area (TPSA) is 66.3 Å². The number of amides is 1. The Morgan fingerprint density at radius 1 is 1.11 bits per heavy atom. The lowest BCUT2D eigenvalue weighted by Crippen LogP contribution is -2.44. The molecular weight excluding hydrogens is 340 g/mol. The number of fused-ring (bicyclic) bond motifs is 1. The van der Waals surface area contributed by atoms with Gasteiger partial charge in [0, 0.05) is 38.3 Å². The second-order valence-corrected chi connectivity index (χ2v) is 6.87.